The van der Waals surface area contributed by atoms with E-state index in [1.54, 1.807) is 6.07 Å². The monoisotopic (exact) mass is 405 g/mol. The third kappa shape index (κ3) is 2.24. The molecule has 1 unspecified atom stereocenters. The summed E-state index contributed by atoms with van der Waals surface area (Å²) in [4.78, 5) is 14.7. The molecule has 2 heterocycles. The molecule has 4 aliphatic rings. The lowest BCUT2D eigenvalue weighted by molar-refractivity contribution is -0.167. The zero-order valence-electron chi connectivity index (χ0n) is 17.4. The number of likely N-dealkylation sites (N-methyl/N-ethyl adjacent to an activating group) is 1. The molecule has 5 heteroatoms. The second-order valence-electron chi connectivity index (χ2n) is 9.46. The molecule has 2 bridgehead atoms. The Morgan fingerprint density at radius 2 is 2.03 bits per heavy atom. The number of rotatable bonds is 2. The van der Waals surface area contributed by atoms with Crippen molar-refractivity contribution in [1.29, 1.82) is 0 Å². The lowest BCUT2D eigenvalue weighted by atomic mass is 9.49. The number of aromatic hydroxyl groups is 1. The molecule has 30 heavy (non-hydrogen) atoms. The van der Waals surface area contributed by atoms with Gasteiger partial charge in [0.1, 0.15) is 12.2 Å². The Morgan fingerprint density at radius 1 is 1.23 bits per heavy atom. The van der Waals surface area contributed by atoms with E-state index in [9.17, 15) is 9.90 Å². The van der Waals surface area contributed by atoms with Crippen LogP contribution < -0.4 is 4.74 Å². The van der Waals surface area contributed by atoms with E-state index in [1.807, 2.05) is 18.2 Å². The van der Waals surface area contributed by atoms with Gasteiger partial charge in [0.15, 0.2) is 11.5 Å². The Morgan fingerprint density at radius 3 is 2.80 bits per heavy atom. The summed E-state index contributed by atoms with van der Waals surface area (Å²) in [5.41, 5.74) is 3.45. The molecule has 2 aromatic rings. The Bertz CT molecular complexity index is 1020. The van der Waals surface area contributed by atoms with Crippen LogP contribution in [0.4, 0.5) is 0 Å². The number of phenols is 1. The standard InChI is InChI=1S/C25H27NO4/c1-14(27)29-22-17(15-6-4-3-5-7-15)13-18-19-12-16-8-9-20(28)23-21(16)25(18,24(22)30-23)10-11-26(19)2/h3-9,17-19,22,24,28H,10-13H2,1-2H3/t17-,18?,19-,22+,24+,25+/m1/s1. The molecular formula is C25H27NO4. The van der Waals surface area contributed by atoms with E-state index < -0.39 is 0 Å². The Labute approximate surface area is 176 Å². The third-order valence-electron chi connectivity index (χ3n) is 8.17. The highest BCUT2D eigenvalue weighted by Crippen LogP contribution is 2.65. The average Bonchev–Trinajstić information content (AvgIpc) is 3.09. The molecule has 156 valence electrons. The van der Waals surface area contributed by atoms with E-state index in [0.717, 1.165) is 25.8 Å². The number of esters is 1. The first-order chi connectivity index (χ1) is 14.5. The van der Waals surface area contributed by atoms with Gasteiger partial charge in [0.05, 0.1) is 0 Å². The predicted octanol–water partition coefficient (Wildman–Crippen LogP) is 3.39. The Balaban J connectivity index is 1.57. The smallest absolute Gasteiger partial charge is 0.303 e. The van der Waals surface area contributed by atoms with Crippen LogP contribution in [0, 0.1) is 5.92 Å². The maximum atomic E-state index is 12.2. The largest absolute Gasteiger partial charge is 0.504 e. The van der Waals surface area contributed by atoms with Crippen molar-refractivity contribution in [2.75, 3.05) is 13.6 Å². The van der Waals surface area contributed by atoms with Crippen LogP contribution in [0.15, 0.2) is 42.5 Å². The maximum absolute atomic E-state index is 12.2. The molecule has 1 N–H and O–H groups in total. The zero-order valence-corrected chi connectivity index (χ0v) is 17.4. The fraction of sp³-hybridized carbons (Fsp3) is 0.480. The summed E-state index contributed by atoms with van der Waals surface area (Å²) in [6, 6.07) is 14.6. The van der Waals surface area contributed by atoms with Crippen LogP contribution in [-0.2, 0) is 21.4 Å². The van der Waals surface area contributed by atoms with Crippen LogP contribution >= 0.6 is 0 Å². The highest BCUT2D eigenvalue weighted by atomic mass is 16.6. The molecule has 5 nitrogen and oxygen atoms in total. The lowest BCUT2D eigenvalue weighted by Gasteiger charge is -2.60. The summed E-state index contributed by atoms with van der Waals surface area (Å²) in [6.45, 7) is 2.47. The molecule has 1 saturated carbocycles. The van der Waals surface area contributed by atoms with Gasteiger partial charge in [0.25, 0.3) is 0 Å². The first-order valence-electron chi connectivity index (χ1n) is 10.9. The molecule has 1 saturated heterocycles. The van der Waals surface area contributed by atoms with Crippen LogP contribution in [-0.4, -0.2) is 47.8 Å². The first kappa shape index (κ1) is 18.3. The molecule has 2 aromatic carbocycles. The average molecular weight is 405 g/mol. The summed E-state index contributed by atoms with van der Waals surface area (Å²) in [6.07, 6.45) is 2.23. The summed E-state index contributed by atoms with van der Waals surface area (Å²) in [7, 11) is 2.23. The van der Waals surface area contributed by atoms with E-state index in [2.05, 4.69) is 30.1 Å². The second-order valence-corrected chi connectivity index (χ2v) is 9.46. The molecule has 0 amide bonds. The predicted molar refractivity (Wildman–Crippen MR) is 112 cm³/mol. The molecule has 2 aliphatic heterocycles. The van der Waals surface area contributed by atoms with Gasteiger partial charge in [0, 0.05) is 29.9 Å². The Kier molecular flexibility index (Phi) is 3.80. The van der Waals surface area contributed by atoms with Gasteiger partial charge in [-0.1, -0.05) is 36.4 Å². The number of piperidine rings is 1. The summed E-state index contributed by atoms with van der Waals surface area (Å²) in [5, 5.41) is 10.7. The van der Waals surface area contributed by atoms with E-state index in [1.165, 1.54) is 23.6 Å². The molecule has 6 rings (SSSR count). The molecule has 2 fully saturated rings. The van der Waals surface area contributed by atoms with Crippen LogP contribution in [0.1, 0.15) is 42.4 Å². The summed E-state index contributed by atoms with van der Waals surface area (Å²) >= 11 is 0. The first-order valence-corrected chi connectivity index (χ1v) is 10.9. The van der Waals surface area contributed by atoms with Crippen molar-refractivity contribution < 1.29 is 19.4 Å². The molecule has 0 aromatic heterocycles. The minimum atomic E-state index is -0.372. The molecule has 6 atom stereocenters. The van der Waals surface area contributed by atoms with Gasteiger partial charge in [-0.2, -0.15) is 0 Å². The number of nitrogens with zero attached hydrogens (tertiary/aromatic N) is 1. The van der Waals surface area contributed by atoms with Gasteiger partial charge in [-0.25, -0.2) is 0 Å². The van der Waals surface area contributed by atoms with E-state index in [0.29, 0.717) is 17.7 Å². The minimum Gasteiger partial charge on any atom is -0.504 e. The van der Waals surface area contributed by atoms with Crippen LogP contribution in [0.25, 0.3) is 0 Å². The molecule has 0 radical (unpaired) electrons. The topological polar surface area (TPSA) is 59.0 Å². The number of hydrogen-bond acceptors (Lipinski definition) is 5. The fourth-order valence-corrected chi connectivity index (χ4v) is 7.04. The van der Waals surface area contributed by atoms with E-state index >= 15 is 0 Å². The van der Waals surface area contributed by atoms with E-state index in [-0.39, 0.29) is 35.3 Å². The van der Waals surface area contributed by atoms with Crippen molar-refractivity contribution in [3.8, 4) is 11.5 Å². The second kappa shape index (κ2) is 6.24. The lowest BCUT2D eigenvalue weighted by Crippen LogP contribution is -2.68. The fourth-order valence-electron chi connectivity index (χ4n) is 7.04. The van der Waals surface area contributed by atoms with Gasteiger partial charge in [-0.3, -0.25) is 4.79 Å². The molecular weight excluding hydrogens is 378 g/mol. The van der Waals surface area contributed by atoms with E-state index in [4.69, 9.17) is 9.47 Å². The minimum absolute atomic E-state index is 0.0743. The molecule has 2 aliphatic carbocycles. The SMILES string of the molecule is CC(=O)O[C@H]1[C@@H](c2ccccc2)CC2[C@H]3Cc4ccc(O)c5c4[C@@]2(CCN3C)[C@H]1O5. The highest BCUT2D eigenvalue weighted by Gasteiger charge is 2.68. The van der Waals surface area contributed by atoms with Gasteiger partial charge >= 0.3 is 5.97 Å². The van der Waals surface area contributed by atoms with Crippen molar-refractivity contribution in [2.45, 2.75) is 55.8 Å². The van der Waals surface area contributed by atoms with Crippen molar-refractivity contribution in [3.05, 3.63) is 59.2 Å². The number of carbonyl (C=O) groups is 1. The van der Waals surface area contributed by atoms with Crippen LogP contribution in [0.2, 0.25) is 0 Å². The number of likely N-dealkylation sites (tertiary alicyclic amines) is 1. The summed E-state index contributed by atoms with van der Waals surface area (Å²) in [5.74, 6) is 1.02. The zero-order chi connectivity index (χ0) is 20.6. The van der Waals surface area contributed by atoms with Gasteiger partial charge in [-0.05, 0) is 56.0 Å². The van der Waals surface area contributed by atoms with Crippen molar-refractivity contribution in [2.24, 2.45) is 5.92 Å². The Hall–Kier alpha value is -2.53. The number of benzene rings is 2. The number of phenolic OH excluding ortho intramolecular Hbond substituents is 1. The maximum Gasteiger partial charge on any atom is 0.303 e. The van der Waals surface area contributed by atoms with Crippen molar-refractivity contribution in [1.82, 2.24) is 4.90 Å². The summed E-state index contributed by atoms with van der Waals surface area (Å²) < 4.78 is 12.6. The van der Waals surface area contributed by atoms with Gasteiger partial charge in [-0.15, -0.1) is 0 Å². The van der Waals surface area contributed by atoms with Gasteiger partial charge < -0.3 is 19.5 Å². The number of hydrogen-bond donors (Lipinski definition) is 1. The number of ether oxygens (including phenoxy) is 2. The normalized spacial score (nSPS) is 36.0. The quantitative estimate of drug-likeness (QED) is 0.777. The van der Waals surface area contributed by atoms with Crippen molar-refractivity contribution >= 4 is 5.97 Å². The van der Waals surface area contributed by atoms with Crippen molar-refractivity contribution in [3.63, 3.8) is 0 Å². The third-order valence-corrected chi connectivity index (χ3v) is 8.17. The number of carbonyl (C=O) groups excluding carboxylic acids is 1. The molecule has 1 spiro atoms. The van der Waals surface area contributed by atoms with Crippen LogP contribution in [0.3, 0.4) is 0 Å². The van der Waals surface area contributed by atoms with Gasteiger partial charge in [0.2, 0.25) is 0 Å². The van der Waals surface area contributed by atoms with Crippen LogP contribution in [0.5, 0.6) is 11.5 Å². The highest BCUT2D eigenvalue weighted by molar-refractivity contribution is 5.67.